The number of aryl methyl sites for hydroxylation is 1. The predicted octanol–water partition coefficient (Wildman–Crippen LogP) is 3.72. The Morgan fingerprint density at radius 1 is 1.19 bits per heavy atom. The number of sulfonamides is 1. The summed E-state index contributed by atoms with van der Waals surface area (Å²) in [5, 5.41) is 3.01. The number of hydrogen-bond acceptors (Lipinski definition) is 3. The zero-order valence-electron chi connectivity index (χ0n) is 15.5. The number of hydrogen-bond donors (Lipinski definition) is 1. The van der Waals surface area contributed by atoms with Crippen LogP contribution in [0.5, 0.6) is 0 Å². The molecule has 6 heteroatoms. The second-order valence-corrected chi connectivity index (χ2v) is 8.76. The van der Waals surface area contributed by atoms with Crippen molar-refractivity contribution < 1.29 is 13.2 Å². The van der Waals surface area contributed by atoms with Crippen molar-refractivity contribution in [2.75, 3.05) is 11.4 Å². The molecule has 26 heavy (non-hydrogen) atoms. The number of anilines is 1. The largest absolute Gasteiger partial charge is 0.350 e. The number of carbonyl (C=O) groups excluding carboxylic acids is 1. The van der Waals surface area contributed by atoms with E-state index in [1.54, 1.807) is 37.4 Å². The molecule has 1 aliphatic heterocycles. The fourth-order valence-electron chi connectivity index (χ4n) is 3.53. The van der Waals surface area contributed by atoms with E-state index in [-0.39, 0.29) is 16.8 Å². The highest BCUT2D eigenvalue weighted by molar-refractivity contribution is 7.93. The second kappa shape index (κ2) is 6.76. The fourth-order valence-corrected chi connectivity index (χ4v) is 5.01. The number of rotatable bonds is 4. The van der Waals surface area contributed by atoms with Gasteiger partial charge in [0.15, 0.2) is 0 Å². The summed E-state index contributed by atoms with van der Waals surface area (Å²) in [5.41, 5.74) is 3.34. The molecule has 0 aromatic heterocycles. The van der Waals surface area contributed by atoms with Crippen molar-refractivity contribution in [2.45, 2.75) is 44.6 Å². The van der Waals surface area contributed by atoms with Crippen molar-refractivity contribution >= 4 is 21.6 Å². The first-order chi connectivity index (χ1) is 12.3. The van der Waals surface area contributed by atoms with Crippen LogP contribution in [0.3, 0.4) is 0 Å². The molecule has 2 aromatic rings. The van der Waals surface area contributed by atoms with Gasteiger partial charge in [-0.05, 0) is 44.0 Å². The molecule has 0 bridgehead atoms. The molecular formula is C20H24N2O3S. The van der Waals surface area contributed by atoms with Crippen LogP contribution in [0, 0.1) is 6.92 Å². The molecule has 5 nitrogen and oxygen atoms in total. The lowest BCUT2D eigenvalue weighted by molar-refractivity contribution is 0.0938. The summed E-state index contributed by atoms with van der Waals surface area (Å²) < 4.78 is 26.9. The van der Waals surface area contributed by atoms with E-state index in [9.17, 15) is 13.2 Å². The van der Waals surface area contributed by atoms with Crippen LogP contribution in [0.2, 0.25) is 0 Å². The van der Waals surface area contributed by atoms with Gasteiger partial charge < -0.3 is 5.32 Å². The molecule has 0 saturated carbocycles. The Balaban J connectivity index is 2.13. The van der Waals surface area contributed by atoms with Gasteiger partial charge in [-0.15, -0.1) is 0 Å². The topological polar surface area (TPSA) is 66.5 Å². The quantitative estimate of drug-likeness (QED) is 0.889. The number of benzene rings is 2. The summed E-state index contributed by atoms with van der Waals surface area (Å²) >= 11 is 0. The van der Waals surface area contributed by atoms with Crippen molar-refractivity contribution in [3.8, 4) is 11.1 Å². The summed E-state index contributed by atoms with van der Waals surface area (Å²) in [6.07, 6.45) is 1.92. The summed E-state index contributed by atoms with van der Waals surface area (Å²) in [4.78, 5) is 12.9. The van der Waals surface area contributed by atoms with Crippen LogP contribution in [0.1, 0.15) is 42.6 Å². The monoisotopic (exact) mass is 372 g/mol. The summed E-state index contributed by atoms with van der Waals surface area (Å²) in [6, 6.07) is 10.6. The van der Waals surface area contributed by atoms with E-state index in [0.717, 1.165) is 24.0 Å². The molecule has 1 N–H and O–H groups in total. The Labute approximate surface area is 155 Å². The standard InChI is InChI=1S/C20H24N2O3S/c1-5-8-14(3)21-20(23)15-11-13(2)19-17(12-15)16-9-6-7-10-18(16)26(24,25)22(19)4/h6-7,9-12,14H,5,8H2,1-4H3,(H,21,23). The van der Waals surface area contributed by atoms with Crippen molar-refractivity contribution in [1.82, 2.24) is 5.32 Å². The van der Waals surface area contributed by atoms with E-state index < -0.39 is 10.0 Å². The minimum Gasteiger partial charge on any atom is -0.350 e. The lowest BCUT2D eigenvalue weighted by Gasteiger charge is -2.31. The minimum atomic E-state index is -3.58. The zero-order chi connectivity index (χ0) is 19.1. The molecule has 0 fully saturated rings. The number of carbonyl (C=O) groups is 1. The van der Waals surface area contributed by atoms with Gasteiger partial charge in [-0.1, -0.05) is 31.5 Å². The first-order valence-corrected chi connectivity index (χ1v) is 10.2. The van der Waals surface area contributed by atoms with Crippen molar-refractivity contribution in [2.24, 2.45) is 0 Å². The van der Waals surface area contributed by atoms with Crippen LogP contribution in [0.25, 0.3) is 11.1 Å². The van der Waals surface area contributed by atoms with Gasteiger partial charge in [0, 0.05) is 29.8 Å². The molecule has 0 spiro atoms. The predicted molar refractivity (Wildman–Crippen MR) is 104 cm³/mol. The molecule has 1 atom stereocenters. The van der Waals surface area contributed by atoms with E-state index >= 15 is 0 Å². The number of amides is 1. The highest BCUT2D eigenvalue weighted by Crippen LogP contribution is 2.44. The minimum absolute atomic E-state index is 0.0965. The van der Waals surface area contributed by atoms with Crippen molar-refractivity contribution in [3.05, 3.63) is 47.5 Å². The Kier molecular flexibility index (Phi) is 4.80. The average Bonchev–Trinajstić information content (AvgIpc) is 2.59. The van der Waals surface area contributed by atoms with E-state index in [0.29, 0.717) is 16.8 Å². The Bertz CT molecular complexity index is 967. The maximum Gasteiger partial charge on any atom is 0.264 e. The zero-order valence-corrected chi connectivity index (χ0v) is 16.4. The van der Waals surface area contributed by atoms with Gasteiger partial charge in [-0.25, -0.2) is 8.42 Å². The van der Waals surface area contributed by atoms with Gasteiger partial charge in [-0.3, -0.25) is 9.10 Å². The Morgan fingerprint density at radius 3 is 2.58 bits per heavy atom. The molecule has 138 valence electrons. The number of fused-ring (bicyclic) bond motifs is 3. The van der Waals surface area contributed by atoms with Gasteiger partial charge in [0.05, 0.1) is 10.6 Å². The lowest BCUT2D eigenvalue weighted by atomic mass is 9.96. The van der Waals surface area contributed by atoms with Gasteiger partial charge in [-0.2, -0.15) is 0 Å². The average molecular weight is 372 g/mol. The third-order valence-corrected chi connectivity index (χ3v) is 6.61. The van der Waals surface area contributed by atoms with Gasteiger partial charge in [0.2, 0.25) is 0 Å². The van der Waals surface area contributed by atoms with Crippen molar-refractivity contribution in [1.29, 1.82) is 0 Å². The Morgan fingerprint density at radius 2 is 1.88 bits per heavy atom. The van der Waals surface area contributed by atoms with Crippen LogP contribution in [0.15, 0.2) is 41.3 Å². The summed E-state index contributed by atoms with van der Waals surface area (Å²) in [5.74, 6) is -0.134. The van der Waals surface area contributed by atoms with E-state index in [1.165, 1.54) is 4.31 Å². The smallest absolute Gasteiger partial charge is 0.264 e. The van der Waals surface area contributed by atoms with E-state index in [4.69, 9.17) is 0 Å². The fraction of sp³-hybridized carbons (Fsp3) is 0.350. The molecule has 2 aromatic carbocycles. The lowest BCUT2D eigenvalue weighted by Crippen LogP contribution is -2.33. The van der Waals surface area contributed by atoms with Crippen LogP contribution in [0.4, 0.5) is 5.69 Å². The van der Waals surface area contributed by atoms with Crippen LogP contribution >= 0.6 is 0 Å². The molecule has 1 amide bonds. The maximum absolute atomic E-state index is 12.8. The maximum atomic E-state index is 12.8. The third kappa shape index (κ3) is 2.98. The SMILES string of the molecule is CCCC(C)NC(=O)c1cc(C)c2c(c1)-c1ccccc1S(=O)(=O)N2C. The third-order valence-electron chi connectivity index (χ3n) is 4.79. The molecule has 0 saturated heterocycles. The molecule has 1 unspecified atom stereocenters. The summed E-state index contributed by atoms with van der Waals surface area (Å²) in [7, 11) is -2.03. The first-order valence-electron chi connectivity index (χ1n) is 8.81. The molecule has 1 aliphatic rings. The molecule has 1 heterocycles. The molecule has 3 rings (SSSR count). The van der Waals surface area contributed by atoms with Crippen molar-refractivity contribution in [3.63, 3.8) is 0 Å². The highest BCUT2D eigenvalue weighted by Gasteiger charge is 2.33. The number of nitrogens with zero attached hydrogens (tertiary/aromatic N) is 1. The molecule has 0 radical (unpaired) electrons. The molecule has 0 aliphatic carbocycles. The van der Waals surface area contributed by atoms with Gasteiger partial charge >= 0.3 is 0 Å². The van der Waals surface area contributed by atoms with E-state index in [2.05, 4.69) is 12.2 Å². The normalized spacial score (nSPS) is 15.8. The van der Waals surface area contributed by atoms with Gasteiger partial charge in [0.1, 0.15) is 0 Å². The van der Waals surface area contributed by atoms with Gasteiger partial charge in [0.25, 0.3) is 15.9 Å². The summed E-state index contributed by atoms with van der Waals surface area (Å²) in [6.45, 7) is 5.91. The first kappa shape index (κ1) is 18.5. The van der Waals surface area contributed by atoms with Crippen LogP contribution in [-0.4, -0.2) is 27.4 Å². The van der Waals surface area contributed by atoms with Crippen LogP contribution in [-0.2, 0) is 10.0 Å². The highest BCUT2D eigenvalue weighted by atomic mass is 32.2. The number of nitrogens with one attached hydrogen (secondary N) is 1. The molecular weight excluding hydrogens is 348 g/mol. The van der Waals surface area contributed by atoms with Crippen LogP contribution < -0.4 is 9.62 Å². The van der Waals surface area contributed by atoms with E-state index in [1.807, 2.05) is 19.9 Å². The Hall–Kier alpha value is -2.34. The second-order valence-electron chi connectivity index (χ2n) is 6.82.